The molecule has 4 heteroatoms. The summed E-state index contributed by atoms with van der Waals surface area (Å²) in [5, 5.41) is 1.22. The number of benzene rings is 1. The van der Waals surface area contributed by atoms with Crippen LogP contribution in [-0.2, 0) is 11.3 Å². The van der Waals surface area contributed by atoms with E-state index in [2.05, 4.69) is 4.90 Å². The second-order valence-corrected chi connectivity index (χ2v) is 5.68. The van der Waals surface area contributed by atoms with E-state index in [1.165, 1.54) is 0 Å². The van der Waals surface area contributed by atoms with Crippen molar-refractivity contribution in [2.75, 3.05) is 13.1 Å². The molecule has 2 rings (SSSR count). The van der Waals surface area contributed by atoms with Crippen LogP contribution in [0.2, 0.25) is 10.0 Å². The summed E-state index contributed by atoms with van der Waals surface area (Å²) in [4.78, 5) is 13.7. The predicted molar refractivity (Wildman–Crippen MR) is 75.1 cm³/mol. The molecule has 0 radical (unpaired) electrons. The minimum absolute atomic E-state index is 0.178. The van der Waals surface area contributed by atoms with Crippen LogP contribution in [0.4, 0.5) is 0 Å². The van der Waals surface area contributed by atoms with Gasteiger partial charge in [0.1, 0.15) is 5.78 Å². The van der Waals surface area contributed by atoms with Gasteiger partial charge < -0.3 is 0 Å². The fourth-order valence-electron chi connectivity index (χ4n) is 2.44. The van der Waals surface area contributed by atoms with Crippen molar-refractivity contribution in [3.8, 4) is 0 Å². The molecule has 1 aromatic rings. The van der Waals surface area contributed by atoms with Gasteiger partial charge in [0.15, 0.2) is 0 Å². The lowest BCUT2D eigenvalue weighted by molar-refractivity contribution is -0.122. The molecule has 0 N–H and O–H groups in total. The summed E-state index contributed by atoms with van der Waals surface area (Å²) in [6.45, 7) is 4.30. The van der Waals surface area contributed by atoms with Gasteiger partial charge in [0, 0.05) is 19.0 Å². The van der Waals surface area contributed by atoms with E-state index < -0.39 is 0 Å². The zero-order valence-corrected chi connectivity index (χ0v) is 12.0. The Morgan fingerprint density at radius 2 is 2.22 bits per heavy atom. The Bertz CT molecular complexity index is 447. The summed E-state index contributed by atoms with van der Waals surface area (Å²) in [6, 6.07) is 5.70. The monoisotopic (exact) mass is 285 g/mol. The first-order chi connectivity index (χ1) is 8.58. The number of nitrogens with zero attached hydrogens (tertiary/aromatic N) is 1. The molecule has 18 heavy (non-hydrogen) atoms. The van der Waals surface area contributed by atoms with Gasteiger partial charge >= 0.3 is 0 Å². The summed E-state index contributed by atoms with van der Waals surface area (Å²) in [5.41, 5.74) is 1.04. The summed E-state index contributed by atoms with van der Waals surface area (Å²) in [5.74, 6) is 0.466. The third-order valence-corrected chi connectivity index (χ3v) is 4.36. The second-order valence-electron chi connectivity index (χ2n) is 4.90. The molecule has 0 amide bonds. The predicted octanol–water partition coefficient (Wildman–Crippen LogP) is 3.79. The molecule has 1 aromatic carbocycles. The highest BCUT2D eigenvalue weighted by Gasteiger charge is 2.23. The first kappa shape index (κ1) is 13.9. The van der Waals surface area contributed by atoms with Crippen LogP contribution in [0.25, 0.3) is 0 Å². The highest BCUT2D eigenvalue weighted by Crippen LogP contribution is 2.28. The summed E-state index contributed by atoms with van der Waals surface area (Å²) >= 11 is 12.2. The van der Waals surface area contributed by atoms with Gasteiger partial charge in [-0.3, -0.25) is 9.69 Å². The maximum Gasteiger partial charge on any atom is 0.134 e. The van der Waals surface area contributed by atoms with Crippen molar-refractivity contribution >= 4 is 29.0 Å². The van der Waals surface area contributed by atoms with Crippen LogP contribution in [-0.4, -0.2) is 23.8 Å². The first-order valence-electron chi connectivity index (χ1n) is 6.23. The van der Waals surface area contributed by atoms with E-state index in [0.29, 0.717) is 10.0 Å². The van der Waals surface area contributed by atoms with Crippen LogP contribution >= 0.6 is 23.2 Å². The van der Waals surface area contributed by atoms with E-state index in [-0.39, 0.29) is 11.7 Å². The van der Waals surface area contributed by atoms with Gasteiger partial charge in [-0.05, 0) is 37.9 Å². The average Bonchev–Trinajstić information content (AvgIpc) is 2.35. The Hall–Kier alpha value is -0.570. The Kier molecular flexibility index (Phi) is 4.66. The molecule has 0 aliphatic carbocycles. The number of halogens is 2. The molecule has 1 saturated heterocycles. The third-order valence-electron chi connectivity index (χ3n) is 3.51. The quantitative estimate of drug-likeness (QED) is 0.842. The lowest BCUT2D eigenvalue weighted by Gasteiger charge is -2.31. The fraction of sp³-hybridized carbons (Fsp3) is 0.500. The van der Waals surface area contributed by atoms with Gasteiger partial charge in [0.25, 0.3) is 0 Å². The molecule has 0 aromatic heterocycles. The summed E-state index contributed by atoms with van der Waals surface area (Å²) in [6.07, 6.45) is 2.08. The third kappa shape index (κ3) is 3.25. The number of carbonyl (C=O) groups excluding carboxylic acids is 1. The number of Topliss-reactive ketones (excluding diaryl/α,β-unsaturated/α-hetero) is 1. The van der Waals surface area contributed by atoms with Gasteiger partial charge in [-0.2, -0.15) is 0 Å². The van der Waals surface area contributed by atoms with Crippen molar-refractivity contribution < 1.29 is 4.79 Å². The topological polar surface area (TPSA) is 20.3 Å². The highest BCUT2D eigenvalue weighted by molar-refractivity contribution is 6.42. The van der Waals surface area contributed by atoms with Crippen molar-refractivity contribution in [1.82, 2.24) is 4.90 Å². The Morgan fingerprint density at radius 3 is 2.94 bits per heavy atom. The largest absolute Gasteiger partial charge is 0.300 e. The van der Waals surface area contributed by atoms with E-state index in [1.54, 1.807) is 13.0 Å². The van der Waals surface area contributed by atoms with Crippen molar-refractivity contribution in [2.45, 2.75) is 26.3 Å². The zero-order chi connectivity index (χ0) is 13.1. The van der Waals surface area contributed by atoms with Crippen LogP contribution in [0.5, 0.6) is 0 Å². The molecule has 1 fully saturated rings. The molecule has 2 nitrogen and oxygen atoms in total. The minimum atomic E-state index is 0.178. The SMILES string of the molecule is CC(=O)C1CCCN(Cc2cccc(Cl)c2Cl)C1. The normalized spacial score (nSPS) is 20.9. The standard InChI is InChI=1S/C14H17Cl2NO/c1-10(18)11-5-3-7-17(8-11)9-12-4-2-6-13(15)14(12)16/h2,4,6,11H,3,5,7-9H2,1H3. The van der Waals surface area contributed by atoms with Gasteiger partial charge in [-0.1, -0.05) is 35.3 Å². The highest BCUT2D eigenvalue weighted by atomic mass is 35.5. The summed E-state index contributed by atoms with van der Waals surface area (Å²) < 4.78 is 0. The maximum atomic E-state index is 11.4. The zero-order valence-electron chi connectivity index (χ0n) is 10.5. The molecule has 1 aliphatic rings. The Balaban J connectivity index is 2.05. The van der Waals surface area contributed by atoms with Crippen LogP contribution in [0.1, 0.15) is 25.3 Å². The van der Waals surface area contributed by atoms with Gasteiger partial charge in [0.05, 0.1) is 10.0 Å². The van der Waals surface area contributed by atoms with Crippen molar-refractivity contribution in [3.63, 3.8) is 0 Å². The number of ketones is 1. The Morgan fingerprint density at radius 1 is 1.44 bits per heavy atom. The van der Waals surface area contributed by atoms with Gasteiger partial charge in [-0.25, -0.2) is 0 Å². The molecule has 0 saturated carbocycles. The molecule has 0 spiro atoms. The number of rotatable bonds is 3. The van der Waals surface area contributed by atoms with Crippen LogP contribution < -0.4 is 0 Å². The lowest BCUT2D eigenvalue weighted by atomic mass is 9.94. The molecule has 1 heterocycles. The molecule has 98 valence electrons. The lowest BCUT2D eigenvalue weighted by Crippen LogP contribution is -2.37. The van der Waals surface area contributed by atoms with Crippen molar-refractivity contribution in [2.24, 2.45) is 5.92 Å². The van der Waals surface area contributed by atoms with Crippen molar-refractivity contribution in [1.29, 1.82) is 0 Å². The van der Waals surface area contributed by atoms with Crippen molar-refractivity contribution in [3.05, 3.63) is 33.8 Å². The molecule has 0 bridgehead atoms. The van der Waals surface area contributed by atoms with Crippen LogP contribution in [0, 0.1) is 5.92 Å². The fourth-order valence-corrected chi connectivity index (χ4v) is 2.82. The molecular weight excluding hydrogens is 269 g/mol. The van der Waals surface area contributed by atoms with E-state index in [4.69, 9.17) is 23.2 Å². The number of piperidine rings is 1. The number of carbonyl (C=O) groups is 1. The molecule has 1 unspecified atom stereocenters. The van der Waals surface area contributed by atoms with Gasteiger partial charge in [0.2, 0.25) is 0 Å². The Labute approximate surface area is 118 Å². The smallest absolute Gasteiger partial charge is 0.134 e. The number of hydrogen-bond donors (Lipinski definition) is 0. The van der Waals surface area contributed by atoms with E-state index in [0.717, 1.165) is 38.0 Å². The molecule has 1 aliphatic heterocycles. The number of likely N-dealkylation sites (tertiary alicyclic amines) is 1. The molecule has 1 atom stereocenters. The van der Waals surface area contributed by atoms with E-state index >= 15 is 0 Å². The second kappa shape index (κ2) is 6.05. The summed E-state index contributed by atoms with van der Waals surface area (Å²) in [7, 11) is 0. The van der Waals surface area contributed by atoms with E-state index in [1.807, 2.05) is 12.1 Å². The van der Waals surface area contributed by atoms with E-state index in [9.17, 15) is 4.79 Å². The number of hydrogen-bond acceptors (Lipinski definition) is 2. The molecular formula is C14H17Cl2NO. The van der Waals surface area contributed by atoms with Crippen LogP contribution in [0.3, 0.4) is 0 Å². The first-order valence-corrected chi connectivity index (χ1v) is 6.99. The maximum absolute atomic E-state index is 11.4. The van der Waals surface area contributed by atoms with Crippen LogP contribution in [0.15, 0.2) is 18.2 Å². The van der Waals surface area contributed by atoms with Gasteiger partial charge in [-0.15, -0.1) is 0 Å². The minimum Gasteiger partial charge on any atom is -0.300 e. The average molecular weight is 286 g/mol.